The molecule has 6 heteroatoms. The van der Waals surface area contributed by atoms with Crippen LogP contribution in [0.1, 0.15) is 36.0 Å². The first kappa shape index (κ1) is 17.2. The molecule has 26 heavy (non-hydrogen) atoms. The molecule has 3 aromatic rings. The fourth-order valence-corrected chi connectivity index (χ4v) is 3.56. The molecule has 0 fully saturated rings. The summed E-state index contributed by atoms with van der Waals surface area (Å²) in [4.78, 5) is 24.1. The maximum absolute atomic E-state index is 12.7. The van der Waals surface area contributed by atoms with E-state index < -0.39 is 0 Å². The van der Waals surface area contributed by atoms with Gasteiger partial charge in [0.2, 0.25) is 0 Å². The molecule has 0 radical (unpaired) electrons. The Morgan fingerprint density at radius 3 is 3.08 bits per heavy atom. The molecule has 0 aliphatic carbocycles. The van der Waals surface area contributed by atoms with Gasteiger partial charge in [-0.05, 0) is 24.6 Å². The van der Waals surface area contributed by atoms with Crippen LogP contribution < -0.4 is 5.43 Å². The lowest BCUT2D eigenvalue weighted by Gasteiger charge is -2.27. The molecule has 0 atom stereocenters. The molecule has 0 saturated carbocycles. The molecular formula is C20H20ClN3O2. The Balaban J connectivity index is 1.56. The Labute approximate surface area is 156 Å². The number of nitrogens with zero attached hydrogens (tertiary/aromatic N) is 3. The van der Waals surface area contributed by atoms with Gasteiger partial charge >= 0.3 is 0 Å². The number of hydrogen-bond acceptors (Lipinski definition) is 5. The number of aromatic nitrogens is 2. The van der Waals surface area contributed by atoms with E-state index in [1.54, 1.807) is 24.5 Å². The summed E-state index contributed by atoms with van der Waals surface area (Å²) in [6.45, 7) is 4.28. The van der Waals surface area contributed by atoms with E-state index >= 15 is 0 Å². The van der Waals surface area contributed by atoms with Crippen molar-refractivity contribution in [2.24, 2.45) is 0 Å². The van der Waals surface area contributed by atoms with Crippen LogP contribution in [0.25, 0.3) is 11.0 Å². The van der Waals surface area contributed by atoms with Crippen molar-refractivity contribution in [2.75, 3.05) is 6.54 Å². The minimum absolute atomic E-state index is 0.0194. The summed E-state index contributed by atoms with van der Waals surface area (Å²) in [5.41, 5.74) is 3.46. The first-order chi connectivity index (χ1) is 12.6. The van der Waals surface area contributed by atoms with E-state index in [0.29, 0.717) is 28.1 Å². The summed E-state index contributed by atoms with van der Waals surface area (Å²) in [5, 5.41) is 1.06. The summed E-state index contributed by atoms with van der Waals surface area (Å²) in [5.74, 6) is 0.923. The highest BCUT2D eigenvalue weighted by atomic mass is 35.5. The highest BCUT2D eigenvalue weighted by molar-refractivity contribution is 6.31. The highest BCUT2D eigenvalue weighted by Gasteiger charge is 2.20. The summed E-state index contributed by atoms with van der Waals surface area (Å²) < 4.78 is 5.62. The molecule has 0 saturated heterocycles. The molecule has 0 amide bonds. The monoisotopic (exact) mass is 369 g/mol. The van der Waals surface area contributed by atoms with Gasteiger partial charge in [0.1, 0.15) is 11.4 Å². The van der Waals surface area contributed by atoms with E-state index in [2.05, 4.69) is 21.8 Å². The second-order valence-electron chi connectivity index (χ2n) is 6.70. The third-order valence-electron chi connectivity index (χ3n) is 4.74. The number of fused-ring (bicyclic) bond motifs is 2. The lowest BCUT2D eigenvalue weighted by atomic mass is 10.1. The van der Waals surface area contributed by atoms with Crippen molar-refractivity contribution in [3.63, 3.8) is 0 Å². The molecule has 0 spiro atoms. The van der Waals surface area contributed by atoms with Crippen molar-refractivity contribution in [1.82, 2.24) is 14.9 Å². The Morgan fingerprint density at radius 2 is 2.23 bits per heavy atom. The van der Waals surface area contributed by atoms with E-state index in [-0.39, 0.29) is 5.43 Å². The maximum Gasteiger partial charge on any atom is 0.197 e. The number of benzene rings is 1. The van der Waals surface area contributed by atoms with Gasteiger partial charge in [0.15, 0.2) is 5.43 Å². The van der Waals surface area contributed by atoms with Gasteiger partial charge in [-0.3, -0.25) is 9.69 Å². The van der Waals surface area contributed by atoms with Crippen molar-refractivity contribution in [3.8, 4) is 0 Å². The topological polar surface area (TPSA) is 59.2 Å². The predicted octanol–water partition coefficient (Wildman–Crippen LogP) is 3.75. The Hall–Kier alpha value is -2.24. The van der Waals surface area contributed by atoms with Gasteiger partial charge in [-0.1, -0.05) is 18.5 Å². The second-order valence-corrected chi connectivity index (χ2v) is 7.14. The molecule has 4 rings (SSSR count). The van der Waals surface area contributed by atoms with Crippen LogP contribution in [0.5, 0.6) is 0 Å². The fraction of sp³-hybridized carbons (Fsp3) is 0.350. The second kappa shape index (κ2) is 7.17. The molecule has 3 heterocycles. The van der Waals surface area contributed by atoms with E-state index in [4.69, 9.17) is 16.0 Å². The summed E-state index contributed by atoms with van der Waals surface area (Å²) in [7, 11) is 0. The Kier molecular flexibility index (Phi) is 4.74. The van der Waals surface area contributed by atoms with Gasteiger partial charge in [-0.25, -0.2) is 9.97 Å². The lowest BCUT2D eigenvalue weighted by molar-refractivity contribution is 0.240. The average Bonchev–Trinajstić information content (AvgIpc) is 2.65. The first-order valence-electron chi connectivity index (χ1n) is 8.90. The molecule has 1 aliphatic rings. The third kappa shape index (κ3) is 3.37. The average molecular weight is 370 g/mol. The predicted molar refractivity (Wildman–Crippen MR) is 101 cm³/mol. The standard InChI is InChI=1S/C20H20ClN3O2/c1-2-3-19-22-9-13-10-24(7-6-17(13)23-19)11-14-12-26-18-5-4-15(21)8-16(18)20(14)25/h4-5,8-9,12H,2-3,6-7,10-11H2,1H3. The van der Waals surface area contributed by atoms with Crippen molar-refractivity contribution < 1.29 is 4.42 Å². The molecule has 0 unspecified atom stereocenters. The molecular weight excluding hydrogens is 350 g/mol. The van der Waals surface area contributed by atoms with Crippen LogP contribution in [0.2, 0.25) is 5.02 Å². The van der Waals surface area contributed by atoms with E-state index in [1.165, 1.54) is 0 Å². The fourth-order valence-electron chi connectivity index (χ4n) is 3.39. The minimum atomic E-state index is -0.0194. The van der Waals surface area contributed by atoms with Crippen molar-refractivity contribution >= 4 is 22.6 Å². The third-order valence-corrected chi connectivity index (χ3v) is 4.97. The van der Waals surface area contributed by atoms with E-state index in [1.807, 2.05) is 6.20 Å². The Morgan fingerprint density at radius 1 is 1.35 bits per heavy atom. The quantitative estimate of drug-likeness (QED) is 0.701. The summed E-state index contributed by atoms with van der Waals surface area (Å²) in [6, 6.07) is 5.12. The van der Waals surface area contributed by atoms with Gasteiger partial charge in [0.25, 0.3) is 0 Å². The lowest BCUT2D eigenvalue weighted by Crippen LogP contribution is -2.32. The van der Waals surface area contributed by atoms with Crippen LogP contribution in [0.15, 0.2) is 39.9 Å². The summed E-state index contributed by atoms with van der Waals surface area (Å²) >= 11 is 6.02. The minimum Gasteiger partial charge on any atom is -0.464 e. The number of hydrogen-bond donors (Lipinski definition) is 0. The van der Waals surface area contributed by atoms with Gasteiger partial charge in [0, 0.05) is 60.5 Å². The summed E-state index contributed by atoms with van der Waals surface area (Å²) in [6.07, 6.45) is 6.33. The van der Waals surface area contributed by atoms with Crippen LogP contribution in [0.3, 0.4) is 0 Å². The van der Waals surface area contributed by atoms with Gasteiger partial charge in [0.05, 0.1) is 11.6 Å². The number of rotatable bonds is 4. The maximum atomic E-state index is 12.7. The normalized spacial score (nSPS) is 14.5. The van der Waals surface area contributed by atoms with E-state index in [9.17, 15) is 4.79 Å². The smallest absolute Gasteiger partial charge is 0.197 e. The van der Waals surface area contributed by atoms with Crippen molar-refractivity contribution in [1.29, 1.82) is 0 Å². The number of halogens is 1. The zero-order valence-corrected chi connectivity index (χ0v) is 15.4. The van der Waals surface area contributed by atoms with Crippen LogP contribution >= 0.6 is 11.6 Å². The SMILES string of the molecule is CCCc1ncc2c(n1)CCN(Cc1coc3ccc(Cl)cc3c1=O)C2. The van der Waals surface area contributed by atoms with Crippen LogP contribution in [-0.2, 0) is 25.9 Å². The molecule has 5 nitrogen and oxygen atoms in total. The molecule has 2 aromatic heterocycles. The van der Waals surface area contributed by atoms with Crippen LogP contribution in [-0.4, -0.2) is 21.4 Å². The van der Waals surface area contributed by atoms with Crippen LogP contribution in [0.4, 0.5) is 0 Å². The van der Waals surface area contributed by atoms with Crippen molar-refractivity contribution in [2.45, 2.75) is 39.3 Å². The van der Waals surface area contributed by atoms with Gasteiger partial charge < -0.3 is 4.42 Å². The molecule has 0 N–H and O–H groups in total. The number of aryl methyl sites for hydroxylation is 1. The molecule has 1 aromatic carbocycles. The zero-order valence-electron chi connectivity index (χ0n) is 14.7. The highest BCUT2D eigenvalue weighted by Crippen LogP contribution is 2.20. The first-order valence-corrected chi connectivity index (χ1v) is 9.28. The largest absolute Gasteiger partial charge is 0.464 e. The van der Waals surface area contributed by atoms with Crippen LogP contribution in [0, 0.1) is 0 Å². The Bertz CT molecular complexity index is 1020. The molecule has 134 valence electrons. The van der Waals surface area contributed by atoms with Gasteiger partial charge in [-0.15, -0.1) is 0 Å². The van der Waals surface area contributed by atoms with E-state index in [0.717, 1.165) is 49.4 Å². The van der Waals surface area contributed by atoms with Crippen molar-refractivity contribution in [3.05, 3.63) is 68.6 Å². The zero-order chi connectivity index (χ0) is 18.1. The molecule has 1 aliphatic heterocycles. The van der Waals surface area contributed by atoms with Gasteiger partial charge in [-0.2, -0.15) is 0 Å². The molecule has 0 bridgehead atoms.